The summed E-state index contributed by atoms with van der Waals surface area (Å²) >= 11 is 0. The molecule has 0 amide bonds. The number of rotatable bonds is 24. The molecule has 2 aromatic carbocycles. The maximum atomic E-state index is 7.23. The first-order valence-electron chi connectivity index (χ1n) is 18.0. The van der Waals surface area contributed by atoms with Gasteiger partial charge in [-0.15, -0.1) is 0 Å². The first-order chi connectivity index (χ1) is 20.8. The van der Waals surface area contributed by atoms with Crippen LogP contribution < -0.4 is 9.31 Å². The molecule has 0 atom stereocenters. The van der Waals surface area contributed by atoms with E-state index in [2.05, 4.69) is 91.8 Å². The summed E-state index contributed by atoms with van der Waals surface area (Å²) in [4.78, 5) is 0. The van der Waals surface area contributed by atoms with Crippen LogP contribution in [-0.4, -0.2) is 32.0 Å². The van der Waals surface area contributed by atoms with E-state index in [1.807, 2.05) is 0 Å². The van der Waals surface area contributed by atoms with Gasteiger partial charge in [-0.2, -0.15) is 0 Å². The van der Waals surface area contributed by atoms with Gasteiger partial charge in [0.2, 0.25) is 0 Å². The average Bonchev–Trinajstić information content (AvgIpc) is 3.02. The Kier molecular flexibility index (Phi) is 17.3. The summed E-state index contributed by atoms with van der Waals surface area (Å²) in [5.41, 5.74) is 5.08. The summed E-state index contributed by atoms with van der Waals surface area (Å²) < 4.78 is 20.9. The maximum absolute atomic E-state index is 7.23. The van der Waals surface area contributed by atoms with Crippen molar-refractivity contribution < 1.29 is 13.7 Å². The van der Waals surface area contributed by atoms with E-state index in [-0.39, 0.29) is 0 Å². The number of benzene rings is 2. The summed E-state index contributed by atoms with van der Waals surface area (Å²) in [5, 5.41) is 0. The van der Waals surface area contributed by atoms with Crippen molar-refractivity contribution in [3.8, 4) is 11.5 Å². The van der Waals surface area contributed by atoms with Gasteiger partial charge in [-0.1, -0.05) is 13.8 Å². The van der Waals surface area contributed by atoms with Gasteiger partial charge in [0.25, 0.3) is 0 Å². The molecule has 2 rings (SSSR count). The van der Waals surface area contributed by atoms with Crippen LogP contribution in [0.4, 0.5) is 0 Å². The van der Waals surface area contributed by atoms with E-state index < -0.39 is 14.2 Å². The molecule has 244 valence electrons. The molecule has 0 bridgehead atoms. The van der Waals surface area contributed by atoms with Crippen LogP contribution in [0.15, 0.2) is 36.4 Å². The van der Waals surface area contributed by atoms with E-state index in [0.29, 0.717) is 0 Å². The summed E-state index contributed by atoms with van der Waals surface area (Å²) in [6.45, 7) is 15.6. The van der Waals surface area contributed by atoms with Crippen molar-refractivity contribution in [1.82, 2.24) is 0 Å². The molecule has 0 radical (unpaired) electrons. The van der Waals surface area contributed by atoms with Crippen molar-refractivity contribution in [3.05, 3.63) is 58.7 Å². The predicted molar refractivity (Wildman–Crippen MR) is 194 cm³/mol. The third-order valence-electron chi connectivity index (χ3n) is 10.1. The van der Waals surface area contributed by atoms with Crippen LogP contribution in [0.5, 0.6) is 11.5 Å². The van der Waals surface area contributed by atoms with Gasteiger partial charge in [0, 0.05) is 0 Å². The zero-order valence-electron chi connectivity index (χ0n) is 29.4. The molecule has 0 saturated heterocycles. The first-order valence-corrected chi connectivity index (χ1v) is 20.9. The topological polar surface area (TPSA) is 27.7 Å². The summed E-state index contributed by atoms with van der Waals surface area (Å²) in [7, 11) is -0.769. The molecule has 2 aromatic rings. The van der Waals surface area contributed by atoms with Crippen molar-refractivity contribution >= 4 is 14.2 Å². The third kappa shape index (κ3) is 12.1. The molecule has 0 saturated carbocycles. The van der Waals surface area contributed by atoms with Crippen LogP contribution in [0.25, 0.3) is 0 Å². The summed E-state index contributed by atoms with van der Waals surface area (Å²) in [6.07, 6.45) is 21.7. The van der Waals surface area contributed by atoms with Gasteiger partial charge >= 0.3 is 254 Å². The first kappa shape index (κ1) is 37.7. The van der Waals surface area contributed by atoms with Gasteiger partial charge in [0.15, 0.2) is 0 Å². The van der Waals surface area contributed by atoms with Crippen LogP contribution in [0.2, 0.25) is 0 Å². The van der Waals surface area contributed by atoms with E-state index in [0.717, 1.165) is 49.0 Å². The monoisotopic (exact) mass is 612 g/mol. The number of aryl methyl sites for hydroxylation is 4. The molecule has 0 spiro atoms. The molecule has 0 aliphatic rings. The van der Waals surface area contributed by atoms with Gasteiger partial charge in [-0.05, 0) is 0 Å². The SMILES string of the molecule is CCCCCCCCc1cc(C)ccc1OB(Oc1ccc(C)cc1CCCCCCCC)OP(CC)(CC)(CC)CC. The molecule has 0 aromatic heterocycles. The Bertz CT molecular complexity index is 960. The second kappa shape index (κ2) is 19.8. The Labute approximate surface area is 267 Å². The van der Waals surface area contributed by atoms with Crippen molar-refractivity contribution in [1.29, 1.82) is 0 Å². The second-order valence-electron chi connectivity index (χ2n) is 13.0. The van der Waals surface area contributed by atoms with E-state index in [4.69, 9.17) is 13.7 Å². The summed E-state index contributed by atoms with van der Waals surface area (Å²) in [6, 6.07) is 13.2. The van der Waals surface area contributed by atoms with Gasteiger partial charge in [-0.3, -0.25) is 0 Å². The fourth-order valence-electron chi connectivity index (χ4n) is 6.39. The molecule has 0 N–H and O–H groups in total. The Hall–Kier alpha value is -1.51. The van der Waals surface area contributed by atoms with Crippen LogP contribution in [0.1, 0.15) is 141 Å². The molecule has 0 aliphatic carbocycles. The number of hydrogen-bond acceptors (Lipinski definition) is 3. The summed E-state index contributed by atoms with van der Waals surface area (Å²) in [5.74, 6) is 1.81. The zero-order valence-corrected chi connectivity index (χ0v) is 30.3. The second-order valence-corrected chi connectivity index (χ2v) is 19.5. The van der Waals surface area contributed by atoms with E-state index >= 15 is 0 Å². The quantitative estimate of drug-likeness (QED) is 0.0671. The van der Waals surface area contributed by atoms with Gasteiger partial charge in [0.05, 0.1) is 0 Å². The molecule has 0 aliphatic heterocycles. The van der Waals surface area contributed by atoms with E-state index in [1.54, 1.807) is 0 Å². The van der Waals surface area contributed by atoms with E-state index in [9.17, 15) is 0 Å². The zero-order chi connectivity index (χ0) is 31.6. The minimum absolute atomic E-state index is 0.769. The van der Waals surface area contributed by atoms with Crippen molar-refractivity contribution in [2.75, 3.05) is 24.6 Å². The number of hydrogen-bond donors (Lipinski definition) is 0. The molecule has 5 heteroatoms. The Balaban J connectivity index is 2.35. The predicted octanol–water partition coefficient (Wildman–Crippen LogP) is 12.1. The van der Waals surface area contributed by atoms with Crippen molar-refractivity contribution in [3.63, 3.8) is 0 Å². The molecule has 3 nitrogen and oxygen atoms in total. The average molecular weight is 613 g/mol. The van der Waals surface area contributed by atoms with Crippen molar-refractivity contribution in [2.45, 2.75) is 145 Å². The fraction of sp³-hybridized carbons (Fsp3) is 0.684. The Morgan fingerprint density at radius 3 is 1.26 bits per heavy atom. The van der Waals surface area contributed by atoms with Gasteiger partial charge in [-0.25, -0.2) is 0 Å². The standard InChI is InChI=1S/C38H66BO3P/c1-9-15-17-19-21-23-25-35-31-33(7)27-29-37(35)40-39(42-43(11-3,12-4,13-5)14-6)41-38-30-28-34(8)32-36(38)26-24-22-20-18-16-10-2/h27-32H,9-26H2,1-8H3. The molecular weight excluding hydrogens is 546 g/mol. The van der Waals surface area contributed by atoms with Crippen LogP contribution in [-0.2, 0) is 17.3 Å². The molecule has 0 heterocycles. The third-order valence-corrected chi connectivity index (χ3v) is 17.2. The molecule has 43 heavy (non-hydrogen) atoms. The van der Waals surface area contributed by atoms with Gasteiger partial charge < -0.3 is 0 Å². The van der Waals surface area contributed by atoms with Crippen LogP contribution >= 0.6 is 6.83 Å². The fourth-order valence-corrected chi connectivity index (χ4v) is 10.2. The number of unbranched alkanes of at least 4 members (excludes halogenated alkanes) is 10. The van der Waals surface area contributed by atoms with Crippen LogP contribution in [0.3, 0.4) is 0 Å². The Morgan fingerprint density at radius 2 is 0.884 bits per heavy atom. The van der Waals surface area contributed by atoms with Crippen molar-refractivity contribution in [2.24, 2.45) is 0 Å². The normalized spacial score (nSPS) is 12.6. The van der Waals surface area contributed by atoms with Gasteiger partial charge in [0.1, 0.15) is 0 Å². The minimum atomic E-state index is -2.50. The molecular formula is C38H66BO3P. The van der Waals surface area contributed by atoms with Crippen LogP contribution in [0, 0.1) is 13.8 Å². The van der Waals surface area contributed by atoms with E-state index in [1.165, 1.54) is 99.3 Å². The molecule has 0 fully saturated rings. The molecule has 0 unspecified atom stereocenters. The Morgan fingerprint density at radius 1 is 0.512 bits per heavy atom.